The quantitative estimate of drug-likeness (QED) is 0.521. The Hall–Kier alpha value is -1.43. The van der Waals surface area contributed by atoms with Crippen LogP contribution in [-0.2, 0) is 6.42 Å². The predicted octanol–water partition coefficient (Wildman–Crippen LogP) is 1.28. The Kier molecular flexibility index (Phi) is 2.56. The van der Waals surface area contributed by atoms with E-state index in [1.54, 1.807) is 6.26 Å². The lowest BCUT2D eigenvalue weighted by atomic mass is 10.2. The molecule has 0 radical (unpaired) electrons. The van der Waals surface area contributed by atoms with E-state index in [0.717, 1.165) is 12.2 Å². The Morgan fingerprint density at radius 2 is 2.64 bits per heavy atom. The minimum absolute atomic E-state index is 0.145. The largest absolute Gasteiger partial charge is 0.469 e. The Labute approximate surface area is 65.6 Å². The summed E-state index contributed by atoms with van der Waals surface area (Å²) in [6, 6.07) is 3.88. The van der Waals surface area contributed by atoms with E-state index >= 15 is 0 Å². The molecule has 0 saturated heterocycles. The van der Waals surface area contributed by atoms with Gasteiger partial charge in [-0.2, -0.15) is 5.26 Å². The first-order valence-electron chi connectivity index (χ1n) is 3.50. The van der Waals surface area contributed by atoms with Crippen molar-refractivity contribution < 1.29 is 4.42 Å². The van der Waals surface area contributed by atoms with Crippen molar-refractivity contribution in [3.05, 3.63) is 24.2 Å². The molecule has 0 aliphatic rings. The molecule has 0 aliphatic heterocycles. The molecule has 0 amide bonds. The number of nitrogens with one attached hydrogen (secondary N) is 1. The van der Waals surface area contributed by atoms with Gasteiger partial charge in [0.1, 0.15) is 5.76 Å². The molecule has 0 spiro atoms. The van der Waals surface area contributed by atoms with Crippen molar-refractivity contribution >= 4 is 0 Å². The Bertz CT molecular complexity index is 235. The summed E-state index contributed by atoms with van der Waals surface area (Å²) in [5.74, 6) is 0.903. The lowest BCUT2D eigenvalue weighted by Gasteiger charge is -2.04. The average molecular weight is 150 g/mol. The van der Waals surface area contributed by atoms with Gasteiger partial charge >= 0.3 is 0 Å². The summed E-state index contributed by atoms with van der Waals surface area (Å²) >= 11 is 0. The SMILES string of the molecule is CC(Cc1ccco1)NC#N. The van der Waals surface area contributed by atoms with Gasteiger partial charge in [-0.3, -0.25) is 0 Å². The van der Waals surface area contributed by atoms with Crippen molar-refractivity contribution in [3.8, 4) is 6.19 Å². The Morgan fingerprint density at radius 1 is 1.82 bits per heavy atom. The second kappa shape index (κ2) is 3.67. The van der Waals surface area contributed by atoms with Gasteiger partial charge in [-0.15, -0.1) is 0 Å². The van der Waals surface area contributed by atoms with Crippen LogP contribution in [0.2, 0.25) is 0 Å². The number of nitriles is 1. The smallest absolute Gasteiger partial charge is 0.176 e. The second-order valence-electron chi connectivity index (χ2n) is 2.44. The minimum Gasteiger partial charge on any atom is -0.469 e. The summed E-state index contributed by atoms with van der Waals surface area (Å²) in [7, 11) is 0. The van der Waals surface area contributed by atoms with Crippen molar-refractivity contribution in [1.29, 1.82) is 5.26 Å². The van der Waals surface area contributed by atoms with Gasteiger partial charge in [0.2, 0.25) is 0 Å². The molecule has 3 nitrogen and oxygen atoms in total. The van der Waals surface area contributed by atoms with Crippen molar-refractivity contribution in [2.75, 3.05) is 0 Å². The monoisotopic (exact) mass is 150 g/mol. The van der Waals surface area contributed by atoms with E-state index in [1.165, 1.54) is 0 Å². The van der Waals surface area contributed by atoms with E-state index in [0.29, 0.717) is 0 Å². The van der Waals surface area contributed by atoms with Gasteiger partial charge in [-0.05, 0) is 19.1 Å². The maximum atomic E-state index is 8.27. The summed E-state index contributed by atoms with van der Waals surface area (Å²) in [4.78, 5) is 0. The van der Waals surface area contributed by atoms with Crippen molar-refractivity contribution in [2.24, 2.45) is 0 Å². The molecule has 0 fully saturated rings. The van der Waals surface area contributed by atoms with Gasteiger partial charge in [0.25, 0.3) is 0 Å². The summed E-state index contributed by atoms with van der Waals surface area (Å²) in [6.07, 6.45) is 4.27. The van der Waals surface area contributed by atoms with Gasteiger partial charge < -0.3 is 9.73 Å². The van der Waals surface area contributed by atoms with Crippen LogP contribution >= 0.6 is 0 Å². The number of nitrogens with zero attached hydrogens (tertiary/aromatic N) is 1. The van der Waals surface area contributed by atoms with Crippen LogP contribution in [-0.4, -0.2) is 6.04 Å². The first-order valence-corrected chi connectivity index (χ1v) is 3.50. The first-order chi connectivity index (χ1) is 5.33. The lowest BCUT2D eigenvalue weighted by Crippen LogP contribution is -2.22. The van der Waals surface area contributed by atoms with Crippen LogP contribution in [0, 0.1) is 11.5 Å². The van der Waals surface area contributed by atoms with E-state index in [-0.39, 0.29) is 6.04 Å². The molecular formula is C8H10N2O. The highest BCUT2D eigenvalue weighted by molar-refractivity contribution is 5.00. The number of hydrogen-bond donors (Lipinski definition) is 1. The van der Waals surface area contributed by atoms with Crippen molar-refractivity contribution in [1.82, 2.24) is 5.32 Å². The molecule has 1 N–H and O–H groups in total. The van der Waals surface area contributed by atoms with Gasteiger partial charge in [-0.1, -0.05) is 0 Å². The van der Waals surface area contributed by atoms with Crippen LogP contribution in [0.5, 0.6) is 0 Å². The Morgan fingerprint density at radius 3 is 3.18 bits per heavy atom. The Balaban J connectivity index is 2.38. The zero-order valence-corrected chi connectivity index (χ0v) is 6.37. The molecule has 11 heavy (non-hydrogen) atoms. The highest BCUT2D eigenvalue weighted by atomic mass is 16.3. The highest BCUT2D eigenvalue weighted by Crippen LogP contribution is 2.02. The average Bonchev–Trinajstić information content (AvgIpc) is 2.40. The van der Waals surface area contributed by atoms with Crippen LogP contribution in [0.3, 0.4) is 0 Å². The lowest BCUT2D eigenvalue weighted by molar-refractivity contribution is 0.479. The molecule has 1 aromatic rings. The van der Waals surface area contributed by atoms with E-state index in [2.05, 4.69) is 5.32 Å². The first kappa shape index (κ1) is 7.67. The normalized spacial score (nSPS) is 12.0. The third kappa shape index (κ3) is 2.34. The summed E-state index contributed by atoms with van der Waals surface area (Å²) in [5, 5.41) is 10.9. The molecule has 1 unspecified atom stereocenters. The maximum absolute atomic E-state index is 8.27. The molecule has 58 valence electrons. The molecule has 0 aromatic carbocycles. The number of rotatable bonds is 3. The minimum atomic E-state index is 0.145. The third-order valence-corrected chi connectivity index (χ3v) is 1.40. The molecule has 1 heterocycles. The fourth-order valence-electron chi connectivity index (χ4n) is 0.892. The second-order valence-corrected chi connectivity index (χ2v) is 2.44. The standard InChI is InChI=1S/C8H10N2O/c1-7(10-6-9)5-8-3-2-4-11-8/h2-4,7,10H,5H2,1H3. The highest BCUT2D eigenvalue weighted by Gasteiger charge is 2.02. The fraction of sp³-hybridized carbons (Fsp3) is 0.375. The van der Waals surface area contributed by atoms with Gasteiger partial charge in [0.15, 0.2) is 6.19 Å². The molecule has 1 rings (SSSR count). The van der Waals surface area contributed by atoms with E-state index in [9.17, 15) is 0 Å². The molecule has 0 bridgehead atoms. The van der Waals surface area contributed by atoms with Crippen molar-refractivity contribution in [2.45, 2.75) is 19.4 Å². The van der Waals surface area contributed by atoms with Crippen LogP contribution in [0.1, 0.15) is 12.7 Å². The van der Waals surface area contributed by atoms with E-state index in [1.807, 2.05) is 25.2 Å². The fourth-order valence-corrected chi connectivity index (χ4v) is 0.892. The number of hydrogen-bond acceptors (Lipinski definition) is 3. The predicted molar refractivity (Wildman–Crippen MR) is 40.6 cm³/mol. The number of furan rings is 1. The van der Waals surface area contributed by atoms with Crippen LogP contribution in [0.25, 0.3) is 0 Å². The zero-order chi connectivity index (χ0) is 8.10. The molecule has 0 saturated carbocycles. The van der Waals surface area contributed by atoms with Gasteiger partial charge in [-0.25, -0.2) is 0 Å². The van der Waals surface area contributed by atoms with E-state index in [4.69, 9.17) is 9.68 Å². The van der Waals surface area contributed by atoms with Crippen molar-refractivity contribution in [3.63, 3.8) is 0 Å². The van der Waals surface area contributed by atoms with Crippen LogP contribution < -0.4 is 5.32 Å². The zero-order valence-electron chi connectivity index (χ0n) is 6.37. The summed E-state index contributed by atoms with van der Waals surface area (Å²) < 4.78 is 5.10. The molecule has 0 aliphatic carbocycles. The summed E-state index contributed by atoms with van der Waals surface area (Å²) in [5.41, 5.74) is 0. The van der Waals surface area contributed by atoms with E-state index < -0.39 is 0 Å². The van der Waals surface area contributed by atoms with Gasteiger partial charge in [0, 0.05) is 12.5 Å². The third-order valence-electron chi connectivity index (χ3n) is 1.40. The van der Waals surface area contributed by atoms with Gasteiger partial charge in [0.05, 0.1) is 6.26 Å². The molecule has 1 atom stereocenters. The van der Waals surface area contributed by atoms with Crippen LogP contribution in [0.4, 0.5) is 0 Å². The molecular weight excluding hydrogens is 140 g/mol. The molecule has 1 aromatic heterocycles. The maximum Gasteiger partial charge on any atom is 0.176 e. The summed E-state index contributed by atoms with van der Waals surface area (Å²) in [6.45, 7) is 1.94. The van der Waals surface area contributed by atoms with Crippen LogP contribution in [0.15, 0.2) is 22.8 Å². The molecule has 3 heteroatoms. The topological polar surface area (TPSA) is 49.0 Å².